The Bertz CT molecular complexity index is 390. The molecular formula is C14H23N3O. The van der Waals surface area contributed by atoms with E-state index in [-0.39, 0.29) is 5.91 Å². The molecule has 0 aliphatic heterocycles. The number of nitrogens with zero attached hydrogens (tertiary/aromatic N) is 2. The lowest BCUT2D eigenvalue weighted by Gasteiger charge is -2.21. The molecule has 0 spiro atoms. The molecule has 0 radical (unpaired) electrons. The van der Waals surface area contributed by atoms with Crippen LogP contribution in [0.1, 0.15) is 17.3 Å². The smallest absolute Gasteiger partial charge is 0.255 e. The summed E-state index contributed by atoms with van der Waals surface area (Å²) in [4.78, 5) is 16.1. The van der Waals surface area contributed by atoms with Gasteiger partial charge in [0.1, 0.15) is 0 Å². The Morgan fingerprint density at radius 3 is 2.44 bits per heavy atom. The molecule has 0 heterocycles. The highest BCUT2D eigenvalue weighted by molar-refractivity contribution is 5.99. The van der Waals surface area contributed by atoms with Crippen molar-refractivity contribution in [1.82, 2.24) is 9.80 Å². The van der Waals surface area contributed by atoms with Gasteiger partial charge in [0, 0.05) is 32.4 Å². The quantitative estimate of drug-likeness (QED) is 0.834. The molecule has 4 heteroatoms. The molecule has 0 atom stereocenters. The van der Waals surface area contributed by atoms with Crippen molar-refractivity contribution >= 4 is 11.6 Å². The number of carbonyl (C=O) groups is 1. The van der Waals surface area contributed by atoms with Crippen molar-refractivity contribution < 1.29 is 4.79 Å². The van der Waals surface area contributed by atoms with Gasteiger partial charge >= 0.3 is 0 Å². The van der Waals surface area contributed by atoms with Crippen LogP contribution >= 0.6 is 0 Å². The van der Waals surface area contributed by atoms with E-state index in [4.69, 9.17) is 0 Å². The molecule has 0 aromatic heterocycles. The molecule has 18 heavy (non-hydrogen) atoms. The van der Waals surface area contributed by atoms with Gasteiger partial charge < -0.3 is 15.1 Å². The predicted octanol–water partition coefficient (Wildman–Crippen LogP) is 1.75. The Hall–Kier alpha value is -1.55. The summed E-state index contributed by atoms with van der Waals surface area (Å²) in [5.41, 5.74) is 1.64. The van der Waals surface area contributed by atoms with Crippen molar-refractivity contribution in [3.8, 4) is 0 Å². The van der Waals surface area contributed by atoms with Gasteiger partial charge in [0.25, 0.3) is 5.91 Å². The highest BCUT2D eigenvalue weighted by atomic mass is 16.2. The van der Waals surface area contributed by atoms with Crippen molar-refractivity contribution in [2.24, 2.45) is 0 Å². The fourth-order valence-electron chi connectivity index (χ4n) is 1.67. The summed E-state index contributed by atoms with van der Waals surface area (Å²) < 4.78 is 0. The Morgan fingerprint density at radius 1 is 1.17 bits per heavy atom. The molecule has 1 aromatic rings. The van der Waals surface area contributed by atoms with Crippen molar-refractivity contribution in [1.29, 1.82) is 0 Å². The van der Waals surface area contributed by atoms with Crippen LogP contribution in [0.3, 0.4) is 0 Å². The van der Waals surface area contributed by atoms with Gasteiger partial charge in [-0.05, 0) is 33.2 Å². The van der Waals surface area contributed by atoms with Crippen LogP contribution in [0, 0.1) is 0 Å². The van der Waals surface area contributed by atoms with Crippen LogP contribution in [-0.2, 0) is 0 Å². The number of benzene rings is 1. The molecule has 1 N–H and O–H groups in total. The molecule has 4 nitrogen and oxygen atoms in total. The summed E-state index contributed by atoms with van der Waals surface area (Å²) in [5.74, 6) is 0.0633. The minimum atomic E-state index is 0.0633. The average molecular weight is 249 g/mol. The van der Waals surface area contributed by atoms with E-state index in [9.17, 15) is 4.79 Å². The van der Waals surface area contributed by atoms with Crippen molar-refractivity contribution in [3.63, 3.8) is 0 Å². The molecule has 1 amide bonds. The molecule has 1 aromatic carbocycles. The van der Waals surface area contributed by atoms with Gasteiger partial charge in [0.05, 0.1) is 5.56 Å². The number of para-hydroxylation sites is 1. The third-order valence-electron chi connectivity index (χ3n) is 2.75. The number of amides is 1. The number of nitrogens with one attached hydrogen (secondary N) is 1. The summed E-state index contributed by atoms with van der Waals surface area (Å²) in [5, 5.41) is 3.22. The summed E-state index contributed by atoms with van der Waals surface area (Å²) in [6, 6.07) is 7.64. The van der Waals surface area contributed by atoms with Crippen LogP contribution in [0.2, 0.25) is 0 Å². The van der Waals surface area contributed by atoms with E-state index >= 15 is 0 Å². The van der Waals surface area contributed by atoms with Crippen LogP contribution in [0.25, 0.3) is 0 Å². The number of anilines is 1. The van der Waals surface area contributed by atoms with Gasteiger partial charge in [0.15, 0.2) is 0 Å². The first kappa shape index (κ1) is 14.5. The molecule has 0 saturated heterocycles. The van der Waals surface area contributed by atoms with Gasteiger partial charge in [-0.2, -0.15) is 0 Å². The topological polar surface area (TPSA) is 35.6 Å². The third kappa shape index (κ3) is 4.04. The van der Waals surface area contributed by atoms with Crippen LogP contribution in [-0.4, -0.2) is 56.5 Å². The van der Waals surface area contributed by atoms with E-state index in [0.29, 0.717) is 0 Å². The monoisotopic (exact) mass is 249 g/mol. The number of likely N-dealkylation sites (N-methyl/N-ethyl adjacent to an activating group) is 2. The number of rotatable bonds is 6. The van der Waals surface area contributed by atoms with Gasteiger partial charge in [0.2, 0.25) is 0 Å². The van der Waals surface area contributed by atoms with E-state index in [0.717, 1.165) is 30.9 Å². The van der Waals surface area contributed by atoms with Gasteiger partial charge in [-0.3, -0.25) is 4.79 Å². The summed E-state index contributed by atoms with van der Waals surface area (Å²) in [6.07, 6.45) is 0. The number of hydrogen-bond acceptors (Lipinski definition) is 3. The summed E-state index contributed by atoms with van der Waals surface area (Å²) in [7, 11) is 5.85. The first-order valence-corrected chi connectivity index (χ1v) is 6.29. The Morgan fingerprint density at radius 2 is 1.83 bits per heavy atom. The van der Waals surface area contributed by atoms with Crippen LogP contribution in [0.5, 0.6) is 0 Å². The zero-order valence-electron chi connectivity index (χ0n) is 11.7. The van der Waals surface area contributed by atoms with E-state index in [2.05, 4.69) is 10.2 Å². The van der Waals surface area contributed by atoms with Crippen LogP contribution in [0.4, 0.5) is 5.69 Å². The maximum absolute atomic E-state index is 12.3. The maximum atomic E-state index is 12.3. The Labute approximate surface area is 110 Å². The second-order valence-electron chi connectivity index (χ2n) is 4.61. The van der Waals surface area contributed by atoms with Crippen molar-refractivity contribution in [2.75, 3.05) is 46.1 Å². The highest BCUT2D eigenvalue weighted by Gasteiger charge is 2.14. The molecule has 0 aliphatic carbocycles. The number of carbonyl (C=O) groups excluding carboxylic acids is 1. The maximum Gasteiger partial charge on any atom is 0.255 e. The fourth-order valence-corrected chi connectivity index (χ4v) is 1.67. The number of hydrogen-bond donors (Lipinski definition) is 1. The minimum Gasteiger partial charge on any atom is -0.385 e. The van der Waals surface area contributed by atoms with E-state index in [1.165, 1.54) is 0 Å². The van der Waals surface area contributed by atoms with Crippen LogP contribution < -0.4 is 5.32 Å². The van der Waals surface area contributed by atoms with Gasteiger partial charge in [-0.25, -0.2) is 0 Å². The van der Waals surface area contributed by atoms with E-state index in [1.807, 2.05) is 52.3 Å². The highest BCUT2D eigenvalue weighted by Crippen LogP contribution is 2.16. The molecule has 0 aliphatic rings. The Kier molecular flexibility index (Phi) is 5.65. The van der Waals surface area contributed by atoms with Crippen molar-refractivity contribution in [3.05, 3.63) is 29.8 Å². The zero-order valence-corrected chi connectivity index (χ0v) is 11.7. The SMILES string of the molecule is CCNc1ccccc1C(=O)N(C)CCN(C)C. The lowest BCUT2D eigenvalue weighted by atomic mass is 10.1. The van der Waals surface area contributed by atoms with Crippen LogP contribution in [0.15, 0.2) is 24.3 Å². The molecule has 1 rings (SSSR count). The molecular weight excluding hydrogens is 226 g/mol. The van der Waals surface area contributed by atoms with Crippen molar-refractivity contribution in [2.45, 2.75) is 6.92 Å². The fraction of sp³-hybridized carbons (Fsp3) is 0.500. The van der Waals surface area contributed by atoms with Gasteiger partial charge in [-0.1, -0.05) is 12.1 Å². The van der Waals surface area contributed by atoms with Gasteiger partial charge in [-0.15, -0.1) is 0 Å². The first-order chi connectivity index (χ1) is 8.56. The molecule has 0 bridgehead atoms. The molecule has 100 valence electrons. The largest absolute Gasteiger partial charge is 0.385 e. The second-order valence-corrected chi connectivity index (χ2v) is 4.61. The zero-order chi connectivity index (χ0) is 13.5. The lowest BCUT2D eigenvalue weighted by Crippen LogP contribution is -2.33. The summed E-state index contributed by atoms with van der Waals surface area (Å²) in [6.45, 7) is 4.43. The molecule has 0 fully saturated rings. The molecule has 0 unspecified atom stereocenters. The lowest BCUT2D eigenvalue weighted by molar-refractivity contribution is 0.0787. The summed E-state index contributed by atoms with van der Waals surface area (Å²) >= 11 is 0. The third-order valence-corrected chi connectivity index (χ3v) is 2.75. The minimum absolute atomic E-state index is 0.0633. The predicted molar refractivity (Wildman–Crippen MR) is 76.1 cm³/mol. The van der Waals surface area contributed by atoms with E-state index in [1.54, 1.807) is 4.90 Å². The Balaban J connectivity index is 2.76. The average Bonchev–Trinajstić information content (AvgIpc) is 2.36. The standard InChI is InChI=1S/C14H23N3O/c1-5-15-13-9-7-6-8-12(13)14(18)17(4)11-10-16(2)3/h6-9,15H,5,10-11H2,1-4H3. The first-order valence-electron chi connectivity index (χ1n) is 6.29. The second kappa shape index (κ2) is 7.01. The molecule has 0 saturated carbocycles. The van der Waals surface area contributed by atoms with E-state index < -0.39 is 0 Å². The normalized spacial score (nSPS) is 10.5.